The zero-order chi connectivity index (χ0) is 23.0. The van der Waals surface area contributed by atoms with E-state index in [0.717, 1.165) is 17.2 Å². The fourth-order valence-electron chi connectivity index (χ4n) is 2.07. The quantitative estimate of drug-likeness (QED) is 0.260. The lowest BCUT2D eigenvalue weighted by Crippen LogP contribution is -2.21. The smallest absolute Gasteiger partial charge is 0.538 e. The van der Waals surface area contributed by atoms with Crippen molar-refractivity contribution >= 4 is 18.1 Å². The third-order valence-corrected chi connectivity index (χ3v) is 5.52. The minimum Gasteiger partial charge on any atom is -0.741 e. The normalized spacial score (nSPS) is 11.6. The average Bonchev–Trinajstić information content (AvgIpc) is 2.69. The molecule has 0 aliphatic rings. The van der Waals surface area contributed by atoms with Crippen LogP contribution in [0, 0.1) is 0 Å². The summed E-state index contributed by atoms with van der Waals surface area (Å²) in [6.45, 7) is 1.86. The summed E-state index contributed by atoms with van der Waals surface area (Å²) in [6.07, 6.45) is 0. The van der Waals surface area contributed by atoms with E-state index in [-0.39, 0.29) is 0 Å². The first kappa shape index (κ1) is 24.5. The van der Waals surface area contributed by atoms with Gasteiger partial charge < -0.3 is 4.55 Å². The lowest BCUT2D eigenvalue weighted by Gasteiger charge is -2.19. The monoisotopic (exact) mass is 474 g/mol. The van der Waals surface area contributed by atoms with Gasteiger partial charge in [0.15, 0.2) is 34.0 Å². The Bertz CT molecular complexity index is 931. The Kier molecular flexibility index (Phi) is 8.27. The molecule has 0 atom stereocenters. The lowest BCUT2D eigenvalue weighted by molar-refractivity contribution is -0.0517. The predicted molar refractivity (Wildman–Crippen MR) is 110 cm³/mol. The van der Waals surface area contributed by atoms with Crippen molar-refractivity contribution in [2.45, 2.75) is 5.51 Å². The first-order valence-corrected chi connectivity index (χ1v) is 12.0. The topological polar surface area (TPSA) is 84.9 Å². The van der Waals surface area contributed by atoms with Crippen molar-refractivity contribution in [3.05, 3.63) is 91.0 Å². The molecule has 0 saturated heterocycles. The fraction of sp³-hybridized carbons (Fsp3) is 0.100. The van der Waals surface area contributed by atoms with Crippen molar-refractivity contribution in [2.24, 2.45) is 0 Å². The maximum Gasteiger partial charge on any atom is 0.538 e. The summed E-state index contributed by atoms with van der Waals surface area (Å²) in [5, 5.41) is 0. The van der Waals surface area contributed by atoms with Gasteiger partial charge in [-0.25, -0.2) is 8.42 Å². The zero-order valence-electron chi connectivity index (χ0n) is 16.1. The van der Waals surface area contributed by atoms with Crippen LogP contribution < -0.4 is 13.6 Å². The molecule has 0 aliphatic heterocycles. The van der Waals surface area contributed by atoms with Crippen molar-refractivity contribution < 1.29 is 39.7 Å². The second kappa shape index (κ2) is 10.5. The summed E-state index contributed by atoms with van der Waals surface area (Å²) in [4.78, 5) is 0. The van der Waals surface area contributed by atoms with E-state index in [1.807, 2.05) is 97.7 Å². The zero-order valence-corrected chi connectivity index (χ0v) is 17.8. The fourth-order valence-corrected chi connectivity index (χ4v) is 3.70. The van der Waals surface area contributed by atoms with Gasteiger partial charge in [-0.3, -0.25) is 13.6 Å². The third kappa shape index (κ3) is 8.45. The second-order valence-corrected chi connectivity index (χ2v) is 9.35. The molecule has 0 unspecified atom stereocenters. The van der Waals surface area contributed by atoms with E-state index in [9.17, 15) is 13.2 Å². The third-order valence-electron chi connectivity index (χ3n) is 3.33. The second-order valence-electron chi connectivity index (χ2n) is 5.88. The van der Waals surface area contributed by atoms with Gasteiger partial charge in [0.05, 0.1) is 0 Å². The molecule has 0 amide bonds. The molecule has 6 nitrogen and oxygen atoms in total. The number of para-hydroxylation sites is 3. The highest BCUT2D eigenvalue weighted by Crippen LogP contribution is 2.57. The van der Waals surface area contributed by atoms with Crippen LogP contribution in [0.3, 0.4) is 0 Å². The Hall–Kier alpha value is -2.81. The Morgan fingerprint density at radius 1 is 0.677 bits per heavy atom. The molecule has 3 rings (SSSR count). The highest BCUT2D eigenvalue weighted by molar-refractivity contribution is 7.86. The average molecular weight is 474 g/mol. The molecule has 0 saturated carbocycles. The maximum absolute atomic E-state index is 10.7. The SMILES string of the molecule is C[P+](Oc1ccccc1)(Oc1ccccc1)Oc1ccccc1.O=S(=O)([O-])C(F)(F)F. The number of hydrogen-bond donors (Lipinski definition) is 0. The molecule has 166 valence electrons. The first-order valence-electron chi connectivity index (χ1n) is 8.61. The Balaban J connectivity index is 0.000000366. The van der Waals surface area contributed by atoms with Crippen molar-refractivity contribution in [2.75, 3.05) is 6.66 Å². The largest absolute Gasteiger partial charge is 0.741 e. The molecule has 3 aromatic rings. The summed E-state index contributed by atoms with van der Waals surface area (Å²) in [5.74, 6) is 2.15. The summed E-state index contributed by atoms with van der Waals surface area (Å²) >= 11 is 0. The molecule has 0 aliphatic carbocycles. The Morgan fingerprint density at radius 3 is 1.10 bits per heavy atom. The summed E-state index contributed by atoms with van der Waals surface area (Å²) in [5.41, 5.74) is -5.65. The minimum atomic E-state index is -6.09. The van der Waals surface area contributed by atoms with Gasteiger partial charge in [-0.15, -0.1) is 0 Å². The minimum absolute atomic E-state index is 0.718. The number of rotatable bonds is 6. The van der Waals surface area contributed by atoms with E-state index in [1.54, 1.807) is 0 Å². The van der Waals surface area contributed by atoms with Gasteiger partial charge in [0.2, 0.25) is 0 Å². The van der Waals surface area contributed by atoms with Crippen LogP contribution in [0.15, 0.2) is 91.0 Å². The molecule has 31 heavy (non-hydrogen) atoms. The van der Waals surface area contributed by atoms with Crippen molar-refractivity contribution in [1.29, 1.82) is 0 Å². The van der Waals surface area contributed by atoms with Crippen LogP contribution in [-0.4, -0.2) is 25.1 Å². The highest BCUT2D eigenvalue weighted by atomic mass is 32.2. The highest BCUT2D eigenvalue weighted by Gasteiger charge is 2.43. The molecular formula is C20H18F3O6PS. The molecule has 0 aromatic heterocycles. The van der Waals surface area contributed by atoms with Gasteiger partial charge in [-0.2, -0.15) is 13.2 Å². The van der Waals surface area contributed by atoms with E-state index >= 15 is 0 Å². The molecule has 3 aromatic carbocycles. The molecule has 0 spiro atoms. The van der Waals surface area contributed by atoms with Crippen LogP contribution in [0.1, 0.15) is 0 Å². The van der Waals surface area contributed by atoms with Gasteiger partial charge in [0.1, 0.15) is 0 Å². The molecule has 11 heteroatoms. The number of halogens is 3. The van der Waals surface area contributed by atoms with E-state index < -0.39 is 23.6 Å². The van der Waals surface area contributed by atoms with Crippen LogP contribution in [-0.2, 0) is 10.1 Å². The van der Waals surface area contributed by atoms with Crippen molar-refractivity contribution in [3.63, 3.8) is 0 Å². The van der Waals surface area contributed by atoms with Gasteiger partial charge in [-0.1, -0.05) is 54.6 Å². The van der Waals surface area contributed by atoms with E-state index in [1.165, 1.54) is 0 Å². The van der Waals surface area contributed by atoms with Crippen molar-refractivity contribution in [3.8, 4) is 17.2 Å². The molecule has 0 N–H and O–H groups in total. The Morgan fingerprint density at radius 2 is 0.903 bits per heavy atom. The predicted octanol–water partition coefficient (Wildman–Crippen LogP) is 5.67. The Labute approximate surface area is 178 Å². The maximum atomic E-state index is 10.7. The summed E-state index contributed by atoms with van der Waals surface area (Å²) in [7, 11) is -8.73. The van der Waals surface area contributed by atoms with Gasteiger partial charge in [-0.05, 0) is 36.4 Å². The summed E-state index contributed by atoms with van der Waals surface area (Å²) in [6, 6.07) is 28.7. The molecule has 0 heterocycles. The van der Waals surface area contributed by atoms with Crippen LogP contribution >= 0.6 is 7.94 Å². The first-order chi connectivity index (χ1) is 14.5. The molecule has 0 fully saturated rings. The lowest BCUT2D eigenvalue weighted by atomic mass is 10.3. The number of benzene rings is 3. The van der Waals surface area contributed by atoms with E-state index in [2.05, 4.69) is 0 Å². The number of alkyl halides is 3. The molecule has 0 bridgehead atoms. The summed E-state index contributed by atoms with van der Waals surface area (Å²) < 4.78 is 77.1. The molecular weight excluding hydrogens is 456 g/mol. The van der Waals surface area contributed by atoms with Crippen LogP contribution in [0.2, 0.25) is 0 Å². The van der Waals surface area contributed by atoms with Crippen molar-refractivity contribution in [1.82, 2.24) is 0 Å². The standard InChI is InChI=1S/C19H18O3P.CHF3O3S/c1-23(20-17-11-5-2-6-12-17,21-18-13-7-3-8-14-18)22-19-15-9-4-10-16-19;2-1(3,4)8(5,6)7/h2-16H,1H3;(H,5,6,7)/q+1;/p-1. The van der Waals surface area contributed by atoms with Gasteiger partial charge in [0.25, 0.3) is 0 Å². The number of hydrogen-bond acceptors (Lipinski definition) is 6. The van der Waals surface area contributed by atoms with E-state index in [4.69, 9.17) is 26.5 Å². The molecule has 0 radical (unpaired) electrons. The van der Waals surface area contributed by atoms with Crippen LogP contribution in [0.5, 0.6) is 17.2 Å². The van der Waals surface area contributed by atoms with Gasteiger partial charge in [0, 0.05) is 0 Å². The van der Waals surface area contributed by atoms with E-state index in [0.29, 0.717) is 0 Å². The van der Waals surface area contributed by atoms with Crippen LogP contribution in [0.25, 0.3) is 0 Å². The van der Waals surface area contributed by atoms with Crippen LogP contribution in [0.4, 0.5) is 13.2 Å². The van der Waals surface area contributed by atoms with Gasteiger partial charge >= 0.3 is 13.5 Å².